The van der Waals surface area contributed by atoms with E-state index in [9.17, 15) is 27.2 Å². The Morgan fingerprint density at radius 3 is 2.24 bits per heavy atom. The van der Waals surface area contributed by atoms with Crippen LogP contribution in [0.5, 0.6) is 0 Å². The average molecular weight is 461 g/mol. The maximum Gasteiger partial charge on any atom is 0.418 e. The first-order chi connectivity index (χ1) is 15.7. The van der Waals surface area contributed by atoms with E-state index in [1.165, 1.54) is 53.4 Å². The summed E-state index contributed by atoms with van der Waals surface area (Å²) in [6.45, 7) is 1.22. The summed E-state index contributed by atoms with van der Waals surface area (Å²) in [6, 6.07) is 12.4. The Hall–Kier alpha value is -3.89. The van der Waals surface area contributed by atoms with E-state index in [1.54, 1.807) is 6.07 Å². The van der Waals surface area contributed by atoms with Crippen molar-refractivity contribution in [3.8, 4) is 5.69 Å². The number of nitrogens with one attached hydrogen (secondary N) is 1. The molecule has 1 fully saturated rings. The summed E-state index contributed by atoms with van der Waals surface area (Å²) in [7, 11) is 0. The van der Waals surface area contributed by atoms with E-state index in [2.05, 4.69) is 10.4 Å². The van der Waals surface area contributed by atoms with Gasteiger partial charge in [0.05, 0.1) is 16.9 Å². The first kappa shape index (κ1) is 22.3. The highest BCUT2D eigenvalue weighted by atomic mass is 19.4. The number of carbonyl (C=O) groups excluding carboxylic acids is 1. The number of hydrogen-bond acceptors (Lipinski definition) is 4. The van der Waals surface area contributed by atoms with Crippen molar-refractivity contribution in [2.75, 3.05) is 36.4 Å². The normalized spacial score (nSPS) is 14.3. The Morgan fingerprint density at radius 1 is 0.909 bits per heavy atom. The number of hydrogen-bond donors (Lipinski definition) is 1. The van der Waals surface area contributed by atoms with Crippen LogP contribution in [0.4, 0.5) is 33.9 Å². The number of alkyl halides is 3. The number of anilines is 2. The second-order valence-corrected chi connectivity index (χ2v) is 7.37. The molecule has 4 rings (SSSR count). The fourth-order valence-corrected chi connectivity index (χ4v) is 3.51. The van der Waals surface area contributed by atoms with Crippen LogP contribution < -0.4 is 15.8 Å². The third-order valence-corrected chi connectivity index (χ3v) is 5.22. The smallest absolute Gasteiger partial charge is 0.352 e. The predicted molar refractivity (Wildman–Crippen MR) is 114 cm³/mol. The predicted octanol–water partition coefficient (Wildman–Crippen LogP) is 3.74. The van der Waals surface area contributed by atoms with Crippen LogP contribution >= 0.6 is 0 Å². The lowest BCUT2D eigenvalue weighted by molar-refractivity contribution is -0.136. The van der Waals surface area contributed by atoms with Crippen LogP contribution in [0.15, 0.2) is 65.5 Å². The zero-order valence-electron chi connectivity index (χ0n) is 17.2. The lowest BCUT2D eigenvalue weighted by atomic mass is 10.1. The summed E-state index contributed by atoms with van der Waals surface area (Å²) in [5.74, 6) is 0.0524. The number of piperazine rings is 1. The number of urea groups is 1. The maximum absolute atomic E-state index is 13.2. The van der Waals surface area contributed by atoms with Gasteiger partial charge < -0.3 is 15.1 Å². The van der Waals surface area contributed by atoms with Crippen LogP contribution in [0, 0.1) is 5.82 Å². The highest BCUT2D eigenvalue weighted by molar-refractivity contribution is 5.90. The summed E-state index contributed by atoms with van der Waals surface area (Å²) >= 11 is 0. The van der Waals surface area contributed by atoms with E-state index >= 15 is 0 Å². The molecule has 1 saturated heterocycles. The molecule has 0 unspecified atom stereocenters. The van der Waals surface area contributed by atoms with Gasteiger partial charge in [0.1, 0.15) is 11.6 Å². The molecule has 0 aliphatic carbocycles. The Bertz CT molecular complexity index is 1200. The summed E-state index contributed by atoms with van der Waals surface area (Å²) in [4.78, 5) is 28.0. The molecule has 1 aliphatic heterocycles. The molecule has 1 aromatic heterocycles. The average Bonchev–Trinajstić information content (AvgIpc) is 2.80. The molecule has 0 spiro atoms. The van der Waals surface area contributed by atoms with Crippen molar-refractivity contribution in [1.29, 1.82) is 0 Å². The lowest BCUT2D eigenvalue weighted by Gasteiger charge is -2.35. The van der Waals surface area contributed by atoms with Crippen LogP contribution in [-0.2, 0) is 6.18 Å². The van der Waals surface area contributed by atoms with Gasteiger partial charge in [-0.1, -0.05) is 12.1 Å². The van der Waals surface area contributed by atoms with Gasteiger partial charge in [-0.3, -0.25) is 4.79 Å². The minimum absolute atomic E-state index is 0.247. The van der Waals surface area contributed by atoms with E-state index < -0.39 is 23.6 Å². The monoisotopic (exact) mass is 461 g/mol. The molecule has 2 amide bonds. The minimum atomic E-state index is -4.58. The van der Waals surface area contributed by atoms with Crippen molar-refractivity contribution in [1.82, 2.24) is 14.7 Å². The number of nitrogens with zero attached hydrogens (tertiary/aromatic N) is 4. The van der Waals surface area contributed by atoms with Crippen LogP contribution in [0.25, 0.3) is 5.69 Å². The van der Waals surface area contributed by atoms with Crippen LogP contribution in [0.2, 0.25) is 0 Å². The molecule has 0 bridgehead atoms. The number of amides is 2. The van der Waals surface area contributed by atoms with Crippen molar-refractivity contribution < 1.29 is 22.4 Å². The summed E-state index contributed by atoms with van der Waals surface area (Å²) in [5.41, 5.74) is -1.19. The molecule has 172 valence electrons. The lowest BCUT2D eigenvalue weighted by Crippen LogP contribution is -2.50. The van der Waals surface area contributed by atoms with Gasteiger partial charge in [-0.2, -0.15) is 17.9 Å². The molecule has 0 atom stereocenters. The quantitative estimate of drug-likeness (QED) is 0.604. The number of carbonyl (C=O) groups is 1. The standard InChI is InChI=1S/C22H19F4N5O2/c23-15-5-7-16(8-6-15)31-20(32)10-9-19(28-31)29-11-13-30(14-12-29)21(33)27-18-4-2-1-3-17(18)22(24,25)26/h1-10H,11-14H2,(H,27,33). The van der Waals surface area contributed by atoms with Crippen molar-refractivity contribution >= 4 is 17.5 Å². The maximum atomic E-state index is 13.2. The number of benzene rings is 2. The fourth-order valence-electron chi connectivity index (χ4n) is 3.51. The van der Waals surface area contributed by atoms with Crippen LogP contribution in [0.1, 0.15) is 5.56 Å². The van der Waals surface area contributed by atoms with Gasteiger partial charge in [0.2, 0.25) is 0 Å². The third-order valence-electron chi connectivity index (χ3n) is 5.22. The Labute approximate surface area is 185 Å². The summed E-state index contributed by atoms with van der Waals surface area (Å²) in [5, 5.41) is 6.68. The van der Waals surface area contributed by atoms with Gasteiger partial charge >= 0.3 is 12.2 Å². The van der Waals surface area contributed by atoms with Crippen molar-refractivity contribution in [2.45, 2.75) is 6.18 Å². The first-order valence-electron chi connectivity index (χ1n) is 10.1. The van der Waals surface area contributed by atoms with E-state index in [4.69, 9.17) is 0 Å². The number of aromatic nitrogens is 2. The fraction of sp³-hybridized carbons (Fsp3) is 0.227. The van der Waals surface area contributed by atoms with Crippen LogP contribution in [0.3, 0.4) is 0 Å². The molecular weight excluding hydrogens is 442 g/mol. The van der Waals surface area contributed by atoms with Crippen molar-refractivity contribution in [3.63, 3.8) is 0 Å². The molecule has 0 radical (unpaired) electrons. The molecular formula is C22H19F4N5O2. The SMILES string of the molecule is O=C(Nc1ccccc1C(F)(F)F)N1CCN(c2ccc(=O)n(-c3ccc(F)cc3)n2)CC1. The van der Waals surface area contributed by atoms with Gasteiger partial charge in [-0.15, -0.1) is 5.10 Å². The highest BCUT2D eigenvalue weighted by Crippen LogP contribution is 2.34. The van der Waals surface area contributed by atoms with Gasteiger partial charge in [-0.25, -0.2) is 9.18 Å². The molecule has 2 aromatic carbocycles. The summed E-state index contributed by atoms with van der Waals surface area (Å²) < 4.78 is 53.8. The molecule has 1 N–H and O–H groups in total. The van der Waals surface area contributed by atoms with Gasteiger partial charge in [0, 0.05) is 32.2 Å². The Morgan fingerprint density at radius 2 is 1.58 bits per heavy atom. The van der Waals surface area contributed by atoms with Crippen LogP contribution in [-0.4, -0.2) is 46.9 Å². The topological polar surface area (TPSA) is 70.5 Å². The van der Waals surface area contributed by atoms with Gasteiger partial charge in [0.15, 0.2) is 0 Å². The Balaban J connectivity index is 1.43. The van der Waals surface area contributed by atoms with E-state index in [1.807, 2.05) is 4.90 Å². The van der Waals surface area contributed by atoms with Crippen molar-refractivity contribution in [3.05, 3.63) is 82.4 Å². The van der Waals surface area contributed by atoms with E-state index in [-0.39, 0.29) is 24.3 Å². The van der Waals surface area contributed by atoms with Crippen molar-refractivity contribution in [2.24, 2.45) is 0 Å². The Kier molecular flexibility index (Phi) is 6.03. The molecule has 0 saturated carbocycles. The zero-order chi connectivity index (χ0) is 23.6. The number of para-hydroxylation sites is 1. The third kappa shape index (κ3) is 4.97. The molecule has 2 heterocycles. The van der Waals surface area contributed by atoms with Gasteiger partial charge in [-0.05, 0) is 42.5 Å². The second kappa shape index (κ2) is 8.93. The first-order valence-corrected chi connectivity index (χ1v) is 10.1. The molecule has 11 heteroatoms. The zero-order valence-corrected chi connectivity index (χ0v) is 17.2. The van der Waals surface area contributed by atoms with E-state index in [0.29, 0.717) is 24.6 Å². The molecule has 1 aliphatic rings. The van der Waals surface area contributed by atoms with E-state index in [0.717, 1.165) is 10.7 Å². The van der Waals surface area contributed by atoms with Gasteiger partial charge in [0.25, 0.3) is 5.56 Å². The largest absolute Gasteiger partial charge is 0.418 e. The number of rotatable bonds is 3. The molecule has 3 aromatic rings. The minimum Gasteiger partial charge on any atom is -0.352 e. The molecule has 7 nitrogen and oxygen atoms in total. The number of halogens is 4. The highest BCUT2D eigenvalue weighted by Gasteiger charge is 2.34. The summed E-state index contributed by atoms with van der Waals surface area (Å²) in [6.07, 6.45) is -4.58. The molecule has 33 heavy (non-hydrogen) atoms. The second-order valence-electron chi connectivity index (χ2n) is 7.37.